The van der Waals surface area contributed by atoms with Gasteiger partial charge in [0.1, 0.15) is 5.76 Å². The van der Waals surface area contributed by atoms with E-state index in [-0.39, 0.29) is 5.91 Å². The van der Waals surface area contributed by atoms with Gasteiger partial charge in [-0.2, -0.15) is 0 Å². The minimum Gasteiger partial charge on any atom is -0.465 e. The molecule has 0 spiro atoms. The highest BCUT2D eigenvalue weighted by Gasteiger charge is 2.31. The van der Waals surface area contributed by atoms with Gasteiger partial charge in [0.2, 0.25) is 5.91 Å². The zero-order valence-corrected chi connectivity index (χ0v) is 9.72. The Labute approximate surface area is 95.7 Å². The number of nitrogens with zero attached hydrogens (tertiary/aromatic N) is 1. The summed E-state index contributed by atoms with van der Waals surface area (Å²) in [6.45, 7) is 2.11. The van der Waals surface area contributed by atoms with Gasteiger partial charge in [-0.05, 0) is 43.9 Å². The molecule has 0 aliphatic heterocycles. The van der Waals surface area contributed by atoms with Gasteiger partial charge in [-0.3, -0.25) is 4.79 Å². The van der Waals surface area contributed by atoms with Crippen LogP contribution in [-0.2, 0) is 4.79 Å². The van der Waals surface area contributed by atoms with Crippen LogP contribution in [-0.4, -0.2) is 23.9 Å². The molecule has 1 aromatic rings. The van der Waals surface area contributed by atoms with E-state index in [2.05, 4.69) is 6.92 Å². The van der Waals surface area contributed by atoms with Crippen molar-refractivity contribution in [2.45, 2.75) is 25.8 Å². The quantitative estimate of drug-likeness (QED) is 0.729. The lowest BCUT2D eigenvalue weighted by molar-refractivity contribution is -0.126. The van der Waals surface area contributed by atoms with Gasteiger partial charge in [-0.25, -0.2) is 0 Å². The predicted molar refractivity (Wildman–Crippen MR) is 62.7 cm³/mol. The lowest BCUT2D eigenvalue weighted by Crippen LogP contribution is -2.35. The first-order chi connectivity index (χ1) is 7.68. The zero-order chi connectivity index (χ0) is 11.5. The summed E-state index contributed by atoms with van der Waals surface area (Å²) in [5.41, 5.74) is 0. The second kappa shape index (κ2) is 4.56. The second-order valence-corrected chi connectivity index (χ2v) is 4.38. The van der Waals surface area contributed by atoms with Gasteiger partial charge in [0.15, 0.2) is 0 Å². The molecule has 0 radical (unpaired) electrons. The Hall–Kier alpha value is -1.51. The minimum atomic E-state index is 0.0378. The molecule has 3 nitrogen and oxygen atoms in total. The molecule has 1 amide bonds. The summed E-state index contributed by atoms with van der Waals surface area (Å²) >= 11 is 0. The van der Waals surface area contributed by atoms with E-state index in [9.17, 15) is 4.79 Å². The molecule has 3 heteroatoms. The second-order valence-electron chi connectivity index (χ2n) is 4.38. The van der Waals surface area contributed by atoms with Crippen LogP contribution in [0.5, 0.6) is 0 Å². The van der Waals surface area contributed by atoms with Gasteiger partial charge < -0.3 is 9.32 Å². The number of carbonyl (C=O) groups excluding carboxylic acids is 1. The summed E-state index contributed by atoms with van der Waals surface area (Å²) in [5, 5.41) is 0. The van der Waals surface area contributed by atoms with Crippen LogP contribution in [0.3, 0.4) is 0 Å². The van der Waals surface area contributed by atoms with Crippen molar-refractivity contribution in [2.75, 3.05) is 7.05 Å². The van der Waals surface area contributed by atoms with Crippen LogP contribution >= 0.6 is 0 Å². The topological polar surface area (TPSA) is 33.5 Å². The lowest BCUT2D eigenvalue weighted by atomic mass is 10.2. The van der Waals surface area contributed by atoms with Crippen LogP contribution in [0.25, 0.3) is 6.08 Å². The van der Waals surface area contributed by atoms with Crippen molar-refractivity contribution in [3.05, 3.63) is 30.2 Å². The van der Waals surface area contributed by atoms with Crippen LogP contribution in [0.15, 0.2) is 28.9 Å². The number of hydrogen-bond donors (Lipinski definition) is 0. The van der Waals surface area contributed by atoms with Crippen LogP contribution in [0, 0.1) is 5.92 Å². The van der Waals surface area contributed by atoms with E-state index in [4.69, 9.17) is 4.42 Å². The van der Waals surface area contributed by atoms with Crippen LogP contribution < -0.4 is 0 Å². The van der Waals surface area contributed by atoms with Gasteiger partial charge in [-0.15, -0.1) is 0 Å². The van der Waals surface area contributed by atoms with Crippen molar-refractivity contribution in [3.8, 4) is 0 Å². The third-order valence-electron chi connectivity index (χ3n) is 3.20. The third-order valence-corrected chi connectivity index (χ3v) is 3.20. The van der Waals surface area contributed by atoms with E-state index in [0.717, 1.165) is 0 Å². The first kappa shape index (κ1) is 11.0. The molecule has 1 saturated carbocycles. The van der Waals surface area contributed by atoms with Crippen molar-refractivity contribution in [2.24, 2.45) is 5.92 Å². The molecule has 1 atom stereocenters. The van der Waals surface area contributed by atoms with Crippen LogP contribution in [0.4, 0.5) is 0 Å². The van der Waals surface area contributed by atoms with Crippen LogP contribution in [0.1, 0.15) is 25.5 Å². The molecule has 0 saturated heterocycles. The molecular formula is C13H17NO2. The molecule has 1 aliphatic carbocycles. The van der Waals surface area contributed by atoms with E-state index >= 15 is 0 Å². The van der Waals surface area contributed by atoms with Crippen molar-refractivity contribution >= 4 is 12.0 Å². The maximum atomic E-state index is 11.8. The molecule has 1 fully saturated rings. The first-order valence-electron chi connectivity index (χ1n) is 5.67. The summed E-state index contributed by atoms with van der Waals surface area (Å²) in [6.07, 6.45) is 7.37. The summed E-state index contributed by atoms with van der Waals surface area (Å²) in [5.74, 6) is 1.45. The Morgan fingerprint density at radius 3 is 2.94 bits per heavy atom. The predicted octanol–water partition coefficient (Wildman–Crippen LogP) is 2.55. The van der Waals surface area contributed by atoms with Gasteiger partial charge >= 0.3 is 0 Å². The maximum absolute atomic E-state index is 11.8. The zero-order valence-electron chi connectivity index (χ0n) is 9.72. The maximum Gasteiger partial charge on any atom is 0.246 e. The highest BCUT2D eigenvalue weighted by molar-refractivity contribution is 5.91. The number of likely N-dealkylation sites (N-methyl/N-ethyl adjacent to an activating group) is 1. The summed E-state index contributed by atoms with van der Waals surface area (Å²) in [4.78, 5) is 13.6. The fourth-order valence-electron chi connectivity index (χ4n) is 1.75. The molecule has 1 aromatic heterocycles. The highest BCUT2D eigenvalue weighted by Crippen LogP contribution is 2.34. The van der Waals surface area contributed by atoms with Crippen molar-refractivity contribution in [1.29, 1.82) is 0 Å². The molecule has 1 unspecified atom stereocenters. The molecule has 16 heavy (non-hydrogen) atoms. The largest absolute Gasteiger partial charge is 0.465 e. The molecule has 0 aromatic carbocycles. The Kier molecular flexibility index (Phi) is 3.13. The Morgan fingerprint density at radius 2 is 2.38 bits per heavy atom. The van der Waals surface area contributed by atoms with Crippen molar-refractivity contribution in [1.82, 2.24) is 4.90 Å². The Balaban J connectivity index is 1.91. The highest BCUT2D eigenvalue weighted by atomic mass is 16.3. The van der Waals surface area contributed by atoms with Crippen molar-refractivity contribution < 1.29 is 9.21 Å². The van der Waals surface area contributed by atoms with Gasteiger partial charge in [0.05, 0.1) is 6.26 Å². The average Bonchev–Trinajstić information content (AvgIpc) is 3.01. The normalized spacial score (nSPS) is 17.6. The standard InChI is InChI=1S/C13H17NO2/c1-10(11-5-6-11)14(2)13(15)8-7-12-4-3-9-16-12/h3-4,7-11H,5-6H2,1-2H3/b8-7+. The fourth-order valence-corrected chi connectivity index (χ4v) is 1.75. The smallest absolute Gasteiger partial charge is 0.246 e. The summed E-state index contributed by atoms with van der Waals surface area (Å²) < 4.78 is 5.13. The molecule has 1 aliphatic rings. The van der Waals surface area contributed by atoms with E-state index in [0.29, 0.717) is 17.7 Å². The SMILES string of the molecule is CC(C1CC1)N(C)C(=O)/C=C/c1ccco1. The van der Waals surface area contributed by atoms with Gasteiger partial charge in [0, 0.05) is 19.2 Å². The first-order valence-corrected chi connectivity index (χ1v) is 5.67. The number of rotatable bonds is 4. The molecular weight excluding hydrogens is 202 g/mol. The number of hydrogen-bond acceptors (Lipinski definition) is 2. The molecule has 0 N–H and O–H groups in total. The number of carbonyl (C=O) groups is 1. The monoisotopic (exact) mass is 219 g/mol. The molecule has 2 rings (SSSR count). The van der Waals surface area contributed by atoms with Gasteiger partial charge in [0.25, 0.3) is 0 Å². The van der Waals surface area contributed by atoms with Crippen LogP contribution in [0.2, 0.25) is 0 Å². The molecule has 0 bridgehead atoms. The molecule has 86 valence electrons. The average molecular weight is 219 g/mol. The minimum absolute atomic E-state index is 0.0378. The van der Waals surface area contributed by atoms with Gasteiger partial charge in [-0.1, -0.05) is 0 Å². The molecule has 1 heterocycles. The Bertz CT molecular complexity index is 377. The third kappa shape index (κ3) is 2.54. The summed E-state index contributed by atoms with van der Waals surface area (Å²) in [6, 6.07) is 3.98. The summed E-state index contributed by atoms with van der Waals surface area (Å²) in [7, 11) is 1.86. The van der Waals surface area contributed by atoms with E-state index in [1.807, 2.05) is 13.1 Å². The van der Waals surface area contributed by atoms with E-state index in [1.165, 1.54) is 12.8 Å². The Morgan fingerprint density at radius 1 is 1.62 bits per heavy atom. The number of furan rings is 1. The van der Waals surface area contributed by atoms with E-state index in [1.54, 1.807) is 29.4 Å². The fraction of sp³-hybridized carbons (Fsp3) is 0.462. The number of amides is 1. The van der Waals surface area contributed by atoms with Crippen molar-refractivity contribution in [3.63, 3.8) is 0 Å². The lowest BCUT2D eigenvalue weighted by Gasteiger charge is -2.23. The van der Waals surface area contributed by atoms with E-state index < -0.39 is 0 Å².